The molecule has 1 saturated heterocycles. The first-order valence-electron chi connectivity index (χ1n) is 6.88. The van der Waals surface area contributed by atoms with Crippen molar-refractivity contribution in [1.29, 1.82) is 0 Å². The molecule has 0 unspecified atom stereocenters. The van der Waals surface area contributed by atoms with Crippen molar-refractivity contribution in [3.8, 4) is 0 Å². The molecule has 90 valence electrons. The number of hydrogen-bond acceptors (Lipinski definition) is 1. The van der Waals surface area contributed by atoms with Crippen LogP contribution in [0.2, 0.25) is 0 Å². The van der Waals surface area contributed by atoms with Crippen LogP contribution in [0.15, 0.2) is 0 Å². The maximum Gasteiger partial charge on any atom is 0.0655 e. The molecule has 1 rings (SSSR count). The van der Waals surface area contributed by atoms with E-state index in [0.29, 0.717) is 6.10 Å². The Kier molecular flexibility index (Phi) is 5.66. The van der Waals surface area contributed by atoms with Crippen LogP contribution in [-0.4, -0.2) is 11.7 Å². The van der Waals surface area contributed by atoms with Gasteiger partial charge in [0.25, 0.3) is 0 Å². The summed E-state index contributed by atoms with van der Waals surface area (Å²) in [6.45, 7) is 6.80. The Morgan fingerprint density at radius 1 is 1.20 bits per heavy atom. The van der Waals surface area contributed by atoms with Crippen LogP contribution >= 0.6 is 0 Å². The van der Waals surface area contributed by atoms with Crippen LogP contribution in [0.4, 0.5) is 0 Å². The molecule has 0 aromatic carbocycles. The van der Waals surface area contributed by atoms with E-state index in [1.807, 2.05) is 0 Å². The van der Waals surface area contributed by atoms with Gasteiger partial charge in [0.05, 0.1) is 11.7 Å². The van der Waals surface area contributed by atoms with Crippen LogP contribution in [0.1, 0.15) is 78.6 Å². The first-order chi connectivity index (χ1) is 7.20. The Bertz CT molecular complexity index is 167. The van der Waals surface area contributed by atoms with E-state index in [4.69, 9.17) is 4.74 Å². The zero-order chi connectivity index (χ0) is 11.1. The summed E-state index contributed by atoms with van der Waals surface area (Å²) in [5.74, 6) is 0. The zero-order valence-corrected chi connectivity index (χ0v) is 10.8. The van der Waals surface area contributed by atoms with Gasteiger partial charge in [0.1, 0.15) is 0 Å². The highest BCUT2D eigenvalue weighted by molar-refractivity contribution is 4.80. The van der Waals surface area contributed by atoms with Crippen LogP contribution in [-0.2, 0) is 4.74 Å². The molecule has 1 heteroatoms. The highest BCUT2D eigenvalue weighted by atomic mass is 16.5. The molecular weight excluding hydrogens is 184 g/mol. The Balaban J connectivity index is 2.18. The fourth-order valence-electron chi connectivity index (χ4n) is 2.49. The monoisotopic (exact) mass is 212 g/mol. The van der Waals surface area contributed by atoms with Crippen molar-refractivity contribution < 1.29 is 4.74 Å². The topological polar surface area (TPSA) is 9.23 Å². The Morgan fingerprint density at radius 2 is 2.00 bits per heavy atom. The minimum Gasteiger partial charge on any atom is -0.372 e. The van der Waals surface area contributed by atoms with Crippen LogP contribution in [0.3, 0.4) is 0 Å². The molecule has 1 heterocycles. The maximum atomic E-state index is 6.20. The second-order valence-corrected chi connectivity index (χ2v) is 5.28. The van der Waals surface area contributed by atoms with E-state index in [-0.39, 0.29) is 5.60 Å². The van der Waals surface area contributed by atoms with Gasteiger partial charge in [0, 0.05) is 0 Å². The average Bonchev–Trinajstić information content (AvgIpc) is 2.25. The number of unbranched alkanes of at least 4 members (excludes halogenated alkanes) is 3. The van der Waals surface area contributed by atoms with Gasteiger partial charge in [-0.05, 0) is 39.0 Å². The fourth-order valence-corrected chi connectivity index (χ4v) is 2.49. The van der Waals surface area contributed by atoms with Crippen LogP contribution in [0.25, 0.3) is 0 Å². The summed E-state index contributed by atoms with van der Waals surface area (Å²) in [4.78, 5) is 0. The van der Waals surface area contributed by atoms with E-state index in [0.717, 1.165) is 0 Å². The maximum absolute atomic E-state index is 6.20. The molecule has 0 amide bonds. The standard InChI is InChI=1S/C14H28O/c1-4-6-7-8-10-13-11-9-12-14(3,5-2)15-13/h13H,4-12H2,1-3H3/t13-,14+/m0/s1. The predicted octanol–water partition coefficient (Wildman–Crippen LogP) is 4.69. The summed E-state index contributed by atoms with van der Waals surface area (Å²) in [6.07, 6.45) is 12.4. The largest absolute Gasteiger partial charge is 0.372 e. The predicted molar refractivity (Wildman–Crippen MR) is 66.2 cm³/mol. The van der Waals surface area contributed by atoms with Crippen molar-refractivity contribution in [1.82, 2.24) is 0 Å². The summed E-state index contributed by atoms with van der Waals surface area (Å²) in [5.41, 5.74) is 0.188. The van der Waals surface area contributed by atoms with E-state index < -0.39 is 0 Å². The Labute approximate surface area is 95.6 Å². The van der Waals surface area contributed by atoms with Crippen molar-refractivity contribution in [3.63, 3.8) is 0 Å². The molecule has 1 aliphatic rings. The van der Waals surface area contributed by atoms with Crippen LogP contribution in [0, 0.1) is 0 Å². The second-order valence-electron chi connectivity index (χ2n) is 5.28. The first-order valence-corrected chi connectivity index (χ1v) is 6.88. The van der Waals surface area contributed by atoms with Gasteiger partial charge in [-0.25, -0.2) is 0 Å². The lowest BCUT2D eigenvalue weighted by atomic mass is 9.89. The third-order valence-corrected chi connectivity index (χ3v) is 3.81. The third kappa shape index (κ3) is 4.55. The normalized spacial score (nSPS) is 31.8. The molecule has 1 aliphatic heterocycles. The van der Waals surface area contributed by atoms with Crippen molar-refractivity contribution in [2.24, 2.45) is 0 Å². The SMILES string of the molecule is CCCCCC[C@H]1CCC[C@@](C)(CC)O1. The molecule has 0 radical (unpaired) electrons. The molecule has 0 spiro atoms. The fraction of sp³-hybridized carbons (Fsp3) is 1.00. The summed E-state index contributed by atoms with van der Waals surface area (Å²) in [5, 5.41) is 0. The van der Waals surface area contributed by atoms with Crippen LogP contribution < -0.4 is 0 Å². The molecule has 0 aliphatic carbocycles. The van der Waals surface area contributed by atoms with E-state index in [2.05, 4.69) is 20.8 Å². The number of hydrogen-bond donors (Lipinski definition) is 0. The van der Waals surface area contributed by atoms with E-state index in [9.17, 15) is 0 Å². The molecular formula is C14H28O. The van der Waals surface area contributed by atoms with E-state index in [1.165, 1.54) is 57.8 Å². The summed E-state index contributed by atoms with van der Waals surface area (Å²) >= 11 is 0. The molecule has 0 aromatic rings. The first kappa shape index (κ1) is 13.0. The van der Waals surface area contributed by atoms with Crippen LogP contribution in [0.5, 0.6) is 0 Å². The molecule has 1 nitrogen and oxygen atoms in total. The lowest BCUT2D eigenvalue weighted by Gasteiger charge is -2.38. The zero-order valence-electron chi connectivity index (χ0n) is 10.8. The van der Waals surface area contributed by atoms with Crippen molar-refractivity contribution in [2.45, 2.75) is 90.3 Å². The van der Waals surface area contributed by atoms with E-state index in [1.54, 1.807) is 0 Å². The van der Waals surface area contributed by atoms with E-state index >= 15 is 0 Å². The smallest absolute Gasteiger partial charge is 0.0655 e. The quantitative estimate of drug-likeness (QED) is 0.580. The molecule has 0 aromatic heterocycles. The van der Waals surface area contributed by atoms with Crippen molar-refractivity contribution in [3.05, 3.63) is 0 Å². The van der Waals surface area contributed by atoms with Gasteiger partial charge in [-0.15, -0.1) is 0 Å². The molecule has 0 saturated carbocycles. The summed E-state index contributed by atoms with van der Waals surface area (Å²) < 4.78 is 6.20. The molecule has 15 heavy (non-hydrogen) atoms. The lowest BCUT2D eigenvalue weighted by molar-refractivity contribution is -0.122. The second kappa shape index (κ2) is 6.52. The van der Waals surface area contributed by atoms with Gasteiger partial charge in [0.15, 0.2) is 0 Å². The molecule has 1 fully saturated rings. The highest BCUT2D eigenvalue weighted by Gasteiger charge is 2.30. The average molecular weight is 212 g/mol. The van der Waals surface area contributed by atoms with Gasteiger partial charge in [0.2, 0.25) is 0 Å². The van der Waals surface area contributed by atoms with Gasteiger partial charge >= 0.3 is 0 Å². The minimum atomic E-state index is 0.188. The lowest BCUT2D eigenvalue weighted by Crippen LogP contribution is -2.37. The third-order valence-electron chi connectivity index (χ3n) is 3.81. The Morgan fingerprint density at radius 3 is 2.67 bits per heavy atom. The van der Waals surface area contributed by atoms with Crippen molar-refractivity contribution in [2.75, 3.05) is 0 Å². The molecule has 0 N–H and O–H groups in total. The molecule has 0 bridgehead atoms. The summed E-state index contributed by atoms with van der Waals surface area (Å²) in [7, 11) is 0. The van der Waals surface area contributed by atoms with Gasteiger partial charge in [-0.2, -0.15) is 0 Å². The van der Waals surface area contributed by atoms with Gasteiger partial charge in [-0.1, -0.05) is 39.5 Å². The number of ether oxygens (including phenoxy) is 1. The molecule has 2 atom stereocenters. The van der Waals surface area contributed by atoms with Crippen molar-refractivity contribution >= 4 is 0 Å². The summed E-state index contributed by atoms with van der Waals surface area (Å²) in [6, 6.07) is 0. The van der Waals surface area contributed by atoms with Gasteiger partial charge in [-0.3, -0.25) is 0 Å². The highest BCUT2D eigenvalue weighted by Crippen LogP contribution is 2.32. The minimum absolute atomic E-state index is 0.188. The number of rotatable bonds is 6. The van der Waals surface area contributed by atoms with Gasteiger partial charge < -0.3 is 4.74 Å². The Hall–Kier alpha value is -0.0400.